The van der Waals surface area contributed by atoms with Gasteiger partial charge in [-0.05, 0) is 45.3 Å². The number of alkyl halides is 2. The monoisotopic (exact) mass is 337 g/mol. The second kappa shape index (κ2) is 5.53. The number of carbonyl (C=O) groups excluding carboxylic acids is 1. The van der Waals surface area contributed by atoms with E-state index >= 15 is 0 Å². The SMILES string of the molecule is CC1(C)OB(c2cccc(C(=O)NC3CC(F)(F)C3)c2)OC1(C)C. The lowest BCUT2D eigenvalue weighted by molar-refractivity contribution is -0.0901. The summed E-state index contributed by atoms with van der Waals surface area (Å²) in [5.74, 6) is -3.00. The van der Waals surface area contributed by atoms with Crippen molar-refractivity contribution in [2.45, 2.75) is 63.7 Å². The number of rotatable bonds is 3. The molecule has 0 aromatic heterocycles. The zero-order valence-corrected chi connectivity index (χ0v) is 14.4. The number of amides is 1. The highest BCUT2D eigenvalue weighted by atomic mass is 19.3. The Morgan fingerprint density at radius 2 is 1.75 bits per heavy atom. The van der Waals surface area contributed by atoms with Crippen LogP contribution < -0.4 is 10.8 Å². The van der Waals surface area contributed by atoms with Gasteiger partial charge in [-0.1, -0.05) is 12.1 Å². The van der Waals surface area contributed by atoms with Crippen LogP contribution in [0.4, 0.5) is 8.78 Å². The molecule has 1 saturated heterocycles. The summed E-state index contributed by atoms with van der Waals surface area (Å²) in [6.07, 6.45) is -0.592. The Balaban J connectivity index is 1.70. The van der Waals surface area contributed by atoms with Crippen LogP contribution in [0.3, 0.4) is 0 Å². The minimum atomic E-state index is -2.65. The van der Waals surface area contributed by atoms with Crippen molar-refractivity contribution in [2.24, 2.45) is 0 Å². The maximum Gasteiger partial charge on any atom is 0.494 e. The van der Waals surface area contributed by atoms with Gasteiger partial charge in [-0.3, -0.25) is 4.79 Å². The van der Waals surface area contributed by atoms with E-state index in [4.69, 9.17) is 9.31 Å². The van der Waals surface area contributed by atoms with Gasteiger partial charge in [0.05, 0.1) is 11.2 Å². The molecule has 1 heterocycles. The second-order valence-electron chi connectivity index (χ2n) is 7.65. The van der Waals surface area contributed by atoms with E-state index in [0.717, 1.165) is 5.46 Å². The molecule has 1 aliphatic heterocycles. The number of carbonyl (C=O) groups is 1. The zero-order valence-electron chi connectivity index (χ0n) is 14.4. The van der Waals surface area contributed by atoms with Gasteiger partial charge >= 0.3 is 7.12 Å². The summed E-state index contributed by atoms with van der Waals surface area (Å²) in [6.45, 7) is 7.83. The van der Waals surface area contributed by atoms with E-state index in [-0.39, 0.29) is 18.7 Å². The number of hydrogen-bond donors (Lipinski definition) is 1. The van der Waals surface area contributed by atoms with E-state index in [1.54, 1.807) is 18.2 Å². The standard InChI is InChI=1S/C17H22BF2NO3/c1-15(2)16(3,4)24-18(23-15)12-7-5-6-11(8-12)14(22)21-13-9-17(19,20)10-13/h5-8,13H,9-10H2,1-4H3,(H,21,22). The van der Waals surface area contributed by atoms with Crippen LogP contribution in [0.5, 0.6) is 0 Å². The molecule has 2 fully saturated rings. The van der Waals surface area contributed by atoms with Crippen LogP contribution in [-0.2, 0) is 9.31 Å². The van der Waals surface area contributed by atoms with Crippen LogP contribution in [-0.4, -0.2) is 36.2 Å². The first-order valence-corrected chi connectivity index (χ1v) is 8.13. The maximum atomic E-state index is 12.9. The van der Waals surface area contributed by atoms with Gasteiger partial charge in [0.25, 0.3) is 11.8 Å². The fourth-order valence-electron chi connectivity index (χ4n) is 2.84. The zero-order chi connectivity index (χ0) is 17.8. The van der Waals surface area contributed by atoms with Crippen LogP contribution in [0.25, 0.3) is 0 Å². The van der Waals surface area contributed by atoms with Crippen LogP contribution in [0, 0.1) is 0 Å². The van der Waals surface area contributed by atoms with Crippen molar-refractivity contribution in [1.82, 2.24) is 5.32 Å². The van der Waals surface area contributed by atoms with E-state index in [0.29, 0.717) is 5.56 Å². The van der Waals surface area contributed by atoms with Crippen molar-refractivity contribution in [3.8, 4) is 0 Å². The summed E-state index contributed by atoms with van der Waals surface area (Å²) in [7, 11) is -0.559. The van der Waals surface area contributed by atoms with Gasteiger partial charge < -0.3 is 14.6 Å². The van der Waals surface area contributed by atoms with Gasteiger partial charge in [0, 0.05) is 24.4 Å². The van der Waals surface area contributed by atoms with Crippen molar-refractivity contribution in [1.29, 1.82) is 0 Å². The van der Waals surface area contributed by atoms with E-state index in [2.05, 4.69) is 5.32 Å². The molecule has 0 bridgehead atoms. The molecule has 1 aromatic rings. The lowest BCUT2D eigenvalue weighted by Crippen LogP contribution is -2.50. The average molecular weight is 337 g/mol. The first-order chi connectivity index (χ1) is 11.0. The Kier molecular flexibility index (Phi) is 4.00. The third-order valence-electron chi connectivity index (χ3n) is 5.10. The Bertz CT molecular complexity index is 639. The topological polar surface area (TPSA) is 47.6 Å². The Morgan fingerprint density at radius 3 is 2.29 bits per heavy atom. The van der Waals surface area contributed by atoms with Crippen LogP contribution in [0.2, 0.25) is 0 Å². The Hall–Kier alpha value is -1.47. The van der Waals surface area contributed by atoms with Gasteiger partial charge in [-0.15, -0.1) is 0 Å². The molecular weight excluding hydrogens is 315 g/mol. The van der Waals surface area contributed by atoms with Gasteiger partial charge in [-0.25, -0.2) is 8.78 Å². The molecule has 24 heavy (non-hydrogen) atoms. The van der Waals surface area contributed by atoms with E-state index in [1.807, 2.05) is 33.8 Å². The summed E-state index contributed by atoms with van der Waals surface area (Å²) in [4.78, 5) is 12.2. The molecule has 3 rings (SSSR count). The molecule has 1 aromatic carbocycles. The largest absolute Gasteiger partial charge is 0.494 e. The lowest BCUT2D eigenvalue weighted by Gasteiger charge is -2.35. The average Bonchev–Trinajstić information content (AvgIpc) is 2.65. The highest BCUT2D eigenvalue weighted by molar-refractivity contribution is 6.62. The summed E-state index contributed by atoms with van der Waals surface area (Å²) < 4.78 is 37.7. The van der Waals surface area contributed by atoms with E-state index in [9.17, 15) is 13.6 Å². The molecule has 1 amide bonds. The highest BCUT2D eigenvalue weighted by Crippen LogP contribution is 2.38. The molecule has 0 spiro atoms. The molecule has 2 aliphatic rings. The number of nitrogens with one attached hydrogen (secondary N) is 1. The van der Waals surface area contributed by atoms with E-state index < -0.39 is 30.3 Å². The molecular formula is C17H22BF2NO3. The van der Waals surface area contributed by atoms with Crippen LogP contribution in [0.15, 0.2) is 24.3 Å². The van der Waals surface area contributed by atoms with Crippen LogP contribution in [0.1, 0.15) is 50.9 Å². The van der Waals surface area contributed by atoms with Crippen molar-refractivity contribution in [3.05, 3.63) is 29.8 Å². The second-order valence-corrected chi connectivity index (χ2v) is 7.65. The van der Waals surface area contributed by atoms with Gasteiger partial charge in [0.1, 0.15) is 0 Å². The Labute approximate surface area is 141 Å². The highest BCUT2D eigenvalue weighted by Gasteiger charge is 2.51. The number of halogens is 2. The van der Waals surface area contributed by atoms with Crippen molar-refractivity contribution in [2.75, 3.05) is 0 Å². The molecule has 130 valence electrons. The molecule has 0 unspecified atom stereocenters. The first kappa shape index (κ1) is 17.4. The third kappa shape index (κ3) is 3.19. The first-order valence-electron chi connectivity index (χ1n) is 8.13. The molecule has 0 radical (unpaired) electrons. The minimum absolute atomic E-state index is 0.296. The smallest absolute Gasteiger partial charge is 0.399 e. The molecule has 1 aliphatic carbocycles. The van der Waals surface area contributed by atoms with Gasteiger partial charge in [-0.2, -0.15) is 0 Å². The molecule has 4 nitrogen and oxygen atoms in total. The Morgan fingerprint density at radius 1 is 1.17 bits per heavy atom. The molecule has 0 atom stereocenters. The predicted molar refractivity (Wildman–Crippen MR) is 87.6 cm³/mol. The predicted octanol–water partition coefficient (Wildman–Crippen LogP) is 2.51. The third-order valence-corrected chi connectivity index (χ3v) is 5.10. The molecule has 7 heteroatoms. The fraction of sp³-hybridized carbons (Fsp3) is 0.588. The summed E-state index contributed by atoms with van der Waals surface area (Å²) in [5, 5.41) is 2.64. The quantitative estimate of drug-likeness (QED) is 0.863. The molecule has 1 N–H and O–H groups in total. The minimum Gasteiger partial charge on any atom is -0.399 e. The maximum absolute atomic E-state index is 12.9. The van der Waals surface area contributed by atoms with Crippen molar-refractivity contribution < 1.29 is 22.9 Å². The van der Waals surface area contributed by atoms with Gasteiger partial charge in [0.2, 0.25) is 0 Å². The lowest BCUT2D eigenvalue weighted by atomic mass is 9.78. The number of hydrogen-bond acceptors (Lipinski definition) is 3. The summed E-state index contributed by atoms with van der Waals surface area (Å²) in [6, 6.07) is 6.45. The number of benzene rings is 1. The van der Waals surface area contributed by atoms with Crippen molar-refractivity contribution >= 4 is 18.5 Å². The van der Waals surface area contributed by atoms with Crippen LogP contribution >= 0.6 is 0 Å². The summed E-state index contributed by atoms with van der Waals surface area (Å²) >= 11 is 0. The van der Waals surface area contributed by atoms with Crippen molar-refractivity contribution in [3.63, 3.8) is 0 Å². The van der Waals surface area contributed by atoms with Gasteiger partial charge in [0.15, 0.2) is 0 Å². The summed E-state index contributed by atoms with van der Waals surface area (Å²) in [5.41, 5.74) is 0.221. The fourth-order valence-corrected chi connectivity index (χ4v) is 2.84. The van der Waals surface area contributed by atoms with E-state index in [1.165, 1.54) is 0 Å². The normalized spacial score (nSPS) is 24.5. The molecule has 1 saturated carbocycles.